The number of carbonyl (C=O) groups excluding carboxylic acids is 2. The van der Waals surface area contributed by atoms with E-state index in [9.17, 15) is 9.59 Å². The Bertz CT molecular complexity index is 1070. The molecular formula is C21H21N5O3S. The first-order valence-electron chi connectivity index (χ1n) is 9.63. The molecule has 0 fully saturated rings. The van der Waals surface area contributed by atoms with Gasteiger partial charge in [0.05, 0.1) is 5.69 Å². The maximum Gasteiger partial charge on any atom is 0.252 e. The highest BCUT2D eigenvalue weighted by atomic mass is 32.2. The van der Waals surface area contributed by atoms with Crippen LogP contribution in [0.5, 0.6) is 0 Å². The van der Waals surface area contributed by atoms with Gasteiger partial charge in [-0.3, -0.25) is 14.6 Å². The first-order valence-corrected chi connectivity index (χ1v) is 10.6. The fraction of sp³-hybridized carbons (Fsp3) is 0.286. The van der Waals surface area contributed by atoms with Gasteiger partial charge in [-0.25, -0.2) is 0 Å². The van der Waals surface area contributed by atoms with Gasteiger partial charge < -0.3 is 15.2 Å². The van der Waals surface area contributed by atoms with Crippen LogP contribution in [0.4, 0.5) is 5.69 Å². The summed E-state index contributed by atoms with van der Waals surface area (Å²) in [6.45, 7) is 3.93. The summed E-state index contributed by atoms with van der Waals surface area (Å²) in [5.41, 5.74) is 1.90. The molecule has 30 heavy (non-hydrogen) atoms. The van der Waals surface area contributed by atoms with Crippen molar-refractivity contribution in [1.29, 1.82) is 0 Å². The average molecular weight is 423 g/mol. The number of fused-ring (bicyclic) bond motifs is 1. The quantitative estimate of drug-likeness (QED) is 0.644. The van der Waals surface area contributed by atoms with Crippen molar-refractivity contribution < 1.29 is 14.1 Å². The minimum absolute atomic E-state index is 0.0239. The molecule has 2 aromatic heterocycles. The Hall–Kier alpha value is -3.20. The van der Waals surface area contributed by atoms with Crippen LogP contribution in [-0.2, 0) is 4.79 Å². The number of anilines is 1. The van der Waals surface area contributed by atoms with Crippen LogP contribution in [0.25, 0.3) is 11.4 Å². The molecule has 3 heterocycles. The van der Waals surface area contributed by atoms with E-state index in [1.54, 1.807) is 48.4 Å². The fourth-order valence-corrected chi connectivity index (χ4v) is 4.02. The highest BCUT2D eigenvalue weighted by Crippen LogP contribution is 2.32. The highest BCUT2D eigenvalue weighted by molar-refractivity contribution is 7.99. The molecule has 0 bridgehead atoms. The van der Waals surface area contributed by atoms with E-state index in [-0.39, 0.29) is 17.7 Å². The Kier molecular flexibility index (Phi) is 5.80. The fourth-order valence-electron chi connectivity index (χ4n) is 3.08. The van der Waals surface area contributed by atoms with E-state index >= 15 is 0 Å². The standard InChI is InChI=1S/C21H21N5O3S/c1-12(2)18(21-25-19(26-29-21)13-5-8-22-9-6-13)24-20(28)14-3-4-16-15(11-14)23-17(27)7-10-30-16/h3-6,8-9,11-12,18H,7,10H2,1-2H3,(H,23,27)(H,24,28). The van der Waals surface area contributed by atoms with Crippen molar-refractivity contribution in [1.82, 2.24) is 20.4 Å². The summed E-state index contributed by atoms with van der Waals surface area (Å²) in [7, 11) is 0. The van der Waals surface area contributed by atoms with Crippen LogP contribution in [0.3, 0.4) is 0 Å². The van der Waals surface area contributed by atoms with E-state index < -0.39 is 6.04 Å². The first-order chi connectivity index (χ1) is 14.5. The number of rotatable bonds is 5. The Labute approximate surface area is 177 Å². The maximum atomic E-state index is 12.9. The number of hydrogen-bond acceptors (Lipinski definition) is 7. The largest absolute Gasteiger partial charge is 0.340 e. The smallest absolute Gasteiger partial charge is 0.252 e. The maximum absolute atomic E-state index is 12.9. The zero-order valence-electron chi connectivity index (χ0n) is 16.6. The molecule has 0 aliphatic carbocycles. The molecule has 154 valence electrons. The zero-order chi connectivity index (χ0) is 21.1. The van der Waals surface area contributed by atoms with Gasteiger partial charge in [-0.15, -0.1) is 11.8 Å². The third kappa shape index (κ3) is 4.35. The predicted octanol–water partition coefficient (Wildman–Crippen LogP) is 3.69. The van der Waals surface area contributed by atoms with E-state index in [2.05, 4.69) is 25.8 Å². The molecule has 2 N–H and O–H groups in total. The van der Waals surface area contributed by atoms with Crippen LogP contribution in [0.1, 0.15) is 42.6 Å². The minimum Gasteiger partial charge on any atom is -0.340 e. The van der Waals surface area contributed by atoms with E-state index in [4.69, 9.17) is 4.52 Å². The van der Waals surface area contributed by atoms with Crippen LogP contribution < -0.4 is 10.6 Å². The molecule has 1 aliphatic heterocycles. The van der Waals surface area contributed by atoms with E-state index in [0.29, 0.717) is 29.4 Å². The summed E-state index contributed by atoms with van der Waals surface area (Å²) in [5, 5.41) is 9.87. The van der Waals surface area contributed by atoms with Crippen LogP contribution >= 0.6 is 11.8 Å². The number of amides is 2. The zero-order valence-corrected chi connectivity index (χ0v) is 17.4. The van der Waals surface area contributed by atoms with Crippen molar-refractivity contribution in [2.75, 3.05) is 11.1 Å². The summed E-state index contributed by atoms with van der Waals surface area (Å²) in [6, 6.07) is 8.45. The molecular weight excluding hydrogens is 402 g/mol. The third-order valence-electron chi connectivity index (χ3n) is 4.70. The molecule has 8 nitrogen and oxygen atoms in total. The Morgan fingerprint density at radius 1 is 1.23 bits per heavy atom. The number of aromatic nitrogens is 3. The summed E-state index contributed by atoms with van der Waals surface area (Å²) in [4.78, 5) is 34.2. The molecule has 0 radical (unpaired) electrons. The molecule has 9 heteroatoms. The van der Waals surface area contributed by atoms with Crippen molar-refractivity contribution >= 4 is 29.3 Å². The topological polar surface area (TPSA) is 110 Å². The number of pyridine rings is 1. The number of carbonyl (C=O) groups is 2. The second-order valence-corrected chi connectivity index (χ2v) is 8.38. The average Bonchev–Trinajstić information content (AvgIpc) is 3.15. The number of thioether (sulfide) groups is 1. The first kappa shape index (κ1) is 20.1. The lowest BCUT2D eigenvalue weighted by Gasteiger charge is -2.19. The molecule has 1 atom stereocenters. The van der Waals surface area contributed by atoms with Gasteiger partial charge in [-0.05, 0) is 36.2 Å². The highest BCUT2D eigenvalue weighted by Gasteiger charge is 2.26. The van der Waals surface area contributed by atoms with Gasteiger partial charge in [-0.2, -0.15) is 4.98 Å². The normalized spacial score (nSPS) is 14.6. The van der Waals surface area contributed by atoms with Gasteiger partial charge in [-0.1, -0.05) is 19.0 Å². The number of hydrogen-bond donors (Lipinski definition) is 2. The van der Waals surface area contributed by atoms with Gasteiger partial charge >= 0.3 is 0 Å². The summed E-state index contributed by atoms with van der Waals surface area (Å²) < 4.78 is 5.44. The van der Waals surface area contributed by atoms with Crippen molar-refractivity contribution in [3.05, 3.63) is 54.2 Å². The number of nitrogens with one attached hydrogen (secondary N) is 2. The van der Waals surface area contributed by atoms with Gasteiger partial charge in [0.25, 0.3) is 5.91 Å². The lowest BCUT2D eigenvalue weighted by atomic mass is 10.0. The van der Waals surface area contributed by atoms with Gasteiger partial charge in [0.1, 0.15) is 6.04 Å². The second kappa shape index (κ2) is 8.66. The van der Waals surface area contributed by atoms with Crippen molar-refractivity contribution in [3.8, 4) is 11.4 Å². The monoisotopic (exact) mass is 423 g/mol. The van der Waals surface area contributed by atoms with Gasteiger partial charge in [0.2, 0.25) is 17.6 Å². The summed E-state index contributed by atoms with van der Waals surface area (Å²) in [6.07, 6.45) is 3.76. The summed E-state index contributed by atoms with van der Waals surface area (Å²) in [5.74, 6) is 1.20. The van der Waals surface area contributed by atoms with Gasteiger partial charge in [0, 0.05) is 40.6 Å². The Morgan fingerprint density at radius 2 is 2.03 bits per heavy atom. The molecule has 2 amide bonds. The van der Waals surface area contributed by atoms with Crippen LogP contribution in [-0.4, -0.2) is 32.7 Å². The SMILES string of the molecule is CC(C)C(NC(=O)c1ccc2c(c1)NC(=O)CCS2)c1nc(-c2ccncc2)no1. The molecule has 3 aromatic rings. The molecule has 0 saturated carbocycles. The Morgan fingerprint density at radius 3 is 2.80 bits per heavy atom. The van der Waals surface area contributed by atoms with E-state index in [1.807, 2.05) is 19.9 Å². The number of nitrogens with zero attached hydrogens (tertiary/aromatic N) is 3. The molecule has 4 rings (SSSR count). The lowest BCUT2D eigenvalue weighted by molar-refractivity contribution is -0.115. The van der Waals surface area contributed by atoms with E-state index in [1.165, 1.54) is 0 Å². The van der Waals surface area contributed by atoms with Gasteiger partial charge in [0.15, 0.2) is 0 Å². The second-order valence-electron chi connectivity index (χ2n) is 7.24. The molecule has 1 unspecified atom stereocenters. The molecule has 1 aromatic carbocycles. The van der Waals surface area contributed by atoms with Crippen molar-refractivity contribution in [2.45, 2.75) is 31.2 Å². The molecule has 0 saturated heterocycles. The van der Waals surface area contributed by atoms with E-state index in [0.717, 1.165) is 16.2 Å². The van der Waals surface area contributed by atoms with Crippen LogP contribution in [0, 0.1) is 5.92 Å². The number of benzene rings is 1. The lowest BCUT2D eigenvalue weighted by Crippen LogP contribution is -2.32. The third-order valence-corrected chi connectivity index (χ3v) is 5.78. The molecule has 0 spiro atoms. The minimum atomic E-state index is -0.455. The predicted molar refractivity (Wildman–Crippen MR) is 113 cm³/mol. The van der Waals surface area contributed by atoms with Crippen molar-refractivity contribution in [2.24, 2.45) is 5.92 Å². The van der Waals surface area contributed by atoms with Crippen LogP contribution in [0.2, 0.25) is 0 Å². The molecule has 1 aliphatic rings. The Balaban J connectivity index is 1.55. The van der Waals surface area contributed by atoms with Crippen LogP contribution in [0.15, 0.2) is 52.1 Å². The summed E-state index contributed by atoms with van der Waals surface area (Å²) >= 11 is 1.60. The van der Waals surface area contributed by atoms with Crippen molar-refractivity contribution in [3.63, 3.8) is 0 Å².